The molecule has 3 aromatic rings. The molecule has 2 aromatic heterocycles. The third-order valence-corrected chi connectivity index (χ3v) is 8.12. The topological polar surface area (TPSA) is 116 Å². The van der Waals surface area contributed by atoms with Crippen molar-refractivity contribution in [2.24, 2.45) is 5.92 Å². The van der Waals surface area contributed by atoms with E-state index in [0.29, 0.717) is 63.6 Å². The number of methoxy groups -OCH3 is 2. The summed E-state index contributed by atoms with van der Waals surface area (Å²) >= 11 is 13.5. The zero-order valence-corrected chi connectivity index (χ0v) is 24.5. The van der Waals surface area contributed by atoms with Crippen LogP contribution >= 0.6 is 23.2 Å². The van der Waals surface area contributed by atoms with E-state index in [1.807, 2.05) is 12.1 Å². The minimum Gasteiger partial charge on any atom is -0.495 e. The van der Waals surface area contributed by atoms with E-state index in [0.717, 1.165) is 43.4 Å². The molecular weight excluding hydrogens is 569 g/mol. The first-order chi connectivity index (χ1) is 19.9. The molecule has 2 aliphatic heterocycles. The van der Waals surface area contributed by atoms with E-state index < -0.39 is 0 Å². The van der Waals surface area contributed by atoms with Gasteiger partial charge in [-0.15, -0.1) is 0 Å². The van der Waals surface area contributed by atoms with E-state index in [1.54, 1.807) is 12.3 Å². The molecule has 5 rings (SSSR count). The number of benzene rings is 1. The number of rotatable bonds is 10. The standard InChI is InChI=1S/C29H33Cl2N5O5/c1-4-25(37)35-21-15-41-14-20(21)34-24-10-18-17(13-32-24)9-19(36-29(18)33-12-16-5-7-40-8-6-16)26-27(30)22(38-2)11-23(39-3)28(26)31/h4,9-11,13,16,20-21H,1,5-8,12,14-15H2,2-3H3,(H,32,34)(H,33,36)(H,35,37)/t20-,21+/m1/s1. The number of carbonyl (C=O) groups excluding carboxylic acids is 1. The Morgan fingerprint density at radius 2 is 1.78 bits per heavy atom. The first kappa shape index (κ1) is 29.2. The lowest BCUT2D eigenvalue weighted by Crippen LogP contribution is -2.45. The van der Waals surface area contributed by atoms with E-state index in [9.17, 15) is 4.79 Å². The molecule has 10 nitrogen and oxygen atoms in total. The normalized spacial score (nSPS) is 19.1. The second-order valence-electron chi connectivity index (χ2n) is 9.97. The van der Waals surface area contributed by atoms with Crippen LogP contribution in [0.1, 0.15) is 12.8 Å². The van der Waals surface area contributed by atoms with Gasteiger partial charge in [-0.05, 0) is 37.0 Å². The number of ether oxygens (including phenoxy) is 4. The number of aromatic nitrogens is 2. The summed E-state index contributed by atoms with van der Waals surface area (Å²) < 4.78 is 22.1. The van der Waals surface area contributed by atoms with E-state index >= 15 is 0 Å². The average Bonchev–Trinajstić information content (AvgIpc) is 3.42. The van der Waals surface area contributed by atoms with Gasteiger partial charge >= 0.3 is 0 Å². The highest BCUT2D eigenvalue weighted by Gasteiger charge is 2.29. The fourth-order valence-electron chi connectivity index (χ4n) is 5.06. The molecule has 12 heteroatoms. The Morgan fingerprint density at radius 1 is 1.07 bits per heavy atom. The Bertz CT molecular complexity index is 1400. The Kier molecular flexibility index (Phi) is 9.34. The second kappa shape index (κ2) is 13.1. The Balaban J connectivity index is 1.53. The van der Waals surface area contributed by atoms with Crippen LogP contribution in [0, 0.1) is 5.92 Å². The van der Waals surface area contributed by atoms with Gasteiger partial charge in [0.2, 0.25) is 5.91 Å². The van der Waals surface area contributed by atoms with Crippen molar-refractivity contribution in [1.82, 2.24) is 15.3 Å². The van der Waals surface area contributed by atoms with Crippen LogP contribution in [0.25, 0.3) is 22.0 Å². The molecule has 0 radical (unpaired) electrons. The van der Waals surface area contributed by atoms with Gasteiger partial charge in [-0.3, -0.25) is 4.79 Å². The number of nitrogens with zero attached hydrogens (tertiary/aromatic N) is 2. The number of hydrogen-bond donors (Lipinski definition) is 3. The van der Waals surface area contributed by atoms with Crippen LogP contribution in [0.5, 0.6) is 11.5 Å². The molecule has 1 amide bonds. The van der Waals surface area contributed by atoms with E-state index in [-0.39, 0.29) is 18.0 Å². The van der Waals surface area contributed by atoms with Crippen LogP contribution in [0.3, 0.4) is 0 Å². The smallest absolute Gasteiger partial charge is 0.243 e. The number of anilines is 2. The highest BCUT2D eigenvalue weighted by Crippen LogP contribution is 2.46. The molecule has 1 aromatic carbocycles. The summed E-state index contributed by atoms with van der Waals surface area (Å²) in [6.45, 7) is 6.60. The maximum atomic E-state index is 11.9. The monoisotopic (exact) mass is 601 g/mol. The van der Waals surface area contributed by atoms with E-state index in [4.69, 9.17) is 47.1 Å². The number of halogens is 2. The molecule has 0 bridgehead atoms. The van der Waals surface area contributed by atoms with Crippen molar-refractivity contribution >= 4 is 51.5 Å². The summed E-state index contributed by atoms with van der Waals surface area (Å²) in [5.74, 6) is 2.36. The van der Waals surface area contributed by atoms with Gasteiger partial charge in [0.1, 0.15) is 23.1 Å². The summed E-state index contributed by atoms with van der Waals surface area (Å²) in [7, 11) is 3.07. The Morgan fingerprint density at radius 3 is 2.46 bits per heavy atom. The van der Waals surface area contributed by atoms with Gasteiger partial charge < -0.3 is 34.9 Å². The molecule has 41 heavy (non-hydrogen) atoms. The number of pyridine rings is 2. The summed E-state index contributed by atoms with van der Waals surface area (Å²) in [6, 6.07) is 5.12. The van der Waals surface area contributed by atoms with Gasteiger partial charge in [-0.25, -0.2) is 9.97 Å². The van der Waals surface area contributed by atoms with Crippen molar-refractivity contribution < 1.29 is 23.7 Å². The number of hydrogen-bond acceptors (Lipinski definition) is 9. The van der Waals surface area contributed by atoms with Crippen molar-refractivity contribution in [3.63, 3.8) is 0 Å². The summed E-state index contributed by atoms with van der Waals surface area (Å²) in [5.41, 5.74) is 1.06. The van der Waals surface area contributed by atoms with Crippen molar-refractivity contribution in [1.29, 1.82) is 0 Å². The van der Waals surface area contributed by atoms with Gasteiger partial charge in [0.25, 0.3) is 0 Å². The molecule has 2 fully saturated rings. The predicted molar refractivity (Wildman–Crippen MR) is 160 cm³/mol. The third-order valence-electron chi connectivity index (χ3n) is 7.37. The van der Waals surface area contributed by atoms with Crippen molar-refractivity contribution in [3.05, 3.63) is 47.1 Å². The van der Waals surface area contributed by atoms with E-state index in [2.05, 4.69) is 27.5 Å². The first-order valence-corrected chi connectivity index (χ1v) is 14.2. The van der Waals surface area contributed by atoms with Gasteiger partial charge in [0.05, 0.1) is 55.3 Å². The number of fused-ring (bicyclic) bond motifs is 1. The van der Waals surface area contributed by atoms with Crippen LogP contribution in [-0.4, -0.2) is 75.2 Å². The van der Waals surface area contributed by atoms with E-state index in [1.165, 1.54) is 20.3 Å². The number of nitrogens with one attached hydrogen (secondary N) is 3. The Labute approximate surface area is 248 Å². The fraction of sp³-hybridized carbons (Fsp3) is 0.414. The van der Waals surface area contributed by atoms with Crippen molar-refractivity contribution in [2.45, 2.75) is 24.9 Å². The van der Waals surface area contributed by atoms with Crippen LogP contribution in [0.4, 0.5) is 11.6 Å². The third kappa shape index (κ3) is 6.46. The maximum Gasteiger partial charge on any atom is 0.243 e. The molecule has 2 atom stereocenters. The van der Waals surface area contributed by atoms with Gasteiger partial charge in [-0.1, -0.05) is 29.8 Å². The average molecular weight is 603 g/mol. The lowest BCUT2D eigenvalue weighted by atomic mass is 10.0. The van der Waals surface area contributed by atoms with Crippen molar-refractivity contribution in [2.75, 3.05) is 57.8 Å². The lowest BCUT2D eigenvalue weighted by molar-refractivity contribution is -0.117. The summed E-state index contributed by atoms with van der Waals surface area (Å²) in [6.07, 6.45) is 4.97. The quantitative estimate of drug-likeness (QED) is 0.278. The molecule has 2 aliphatic rings. The molecule has 2 saturated heterocycles. The Hall–Kier alpha value is -3.31. The van der Waals surface area contributed by atoms with Crippen LogP contribution in [-0.2, 0) is 14.3 Å². The number of amides is 1. The molecule has 3 N–H and O–H groups in total. The van der Waals surface area contributed by atoms with Crippen LogP contribution in [0.2, 0.25) is 10.0 Å². The number of carbonyl (C=O) groups is 1. The van der Waals surface area contributed by atoms with Gasteiger partial charge in [-0.2, -0.15) is 0 Å². The van der Waals surface area contributed by atoms with Crippen LogP contribution in [0.15, 0.2) is 37.1 Å². The molecule has 0 spiro atoms. The molecule has 218 valence electrons. The van der Waals surface area contributed by atoms with Gasteiger partial charge in [0, 0.05) is 48.4 Å². The van der Waals surface area contributed by atoms with Crippen molar-refractivity contribution in [3.8, 4) is 22.8 Å². The van der Waals surface area contributed by atoms with Gasteiger partial charge in [0.15, 0.2) is 0 Å². The molecule has 4 heterocycles. The molecular formula is C29H33Cl2N5O5. The minimum absolute atomic E-state index is 0.156. The zero-order chi connectivity index (χ0) is 28.9. The maximum absolute atomic E-state index is 11.9. The predicted octanol–water partition coefficient (Wildman–Crippen LogP) is 4.94. The summed E-state index contributed by atoms with van der Waals surface area (Å²) in [4.78, 5) is 21.5. The summed E-state index contributed by atoms with van der Waals surface area (Å²) in [5, 5.41) is 12.2. The minimum atomic E-state index is -0.249. The first-order valence-electron chi connectivity index (χ1n) is 13.4. The second-order valence-corrected chi connectivity index (χ2v) is 10.7. The fourth-order valence-corrected chi connectivity index (χ4v) is 5.75. The zero-order valence-electron chi connectivity index (χ0n) is 23.0. The highest BCUT2D eigenvalue weighted by molar-refractivity contribution is 6.41. The SMILES string of the molecule is C=CC(=O)N[C@H]1COC[C@H]1Nc1cc2c(NCC3CCOCC3)nc(-c3c(Cl)c(OC)cc(OC)c3Cl)cc2cn1. The van der Waals surface area contributed by atoms with Crippen LogP contribution < -0.4 is 25.4 Å². The molecule has 0 saturated carbocycles. The largest absolute Gasteiger partial charge is 0.495 e. The lowest BCUT2D eigenvalue weighted by Gasteiger charge is -2.23. The molecule has 0 aliphatic carbocycles. The highest BCUT2D eigenvalue weighted by atomic mass is 35.5. The molecule has 0 unspecified atom stereocenters.